The van der Waals surface area contributed by atoms with Crippen LogP contribution in [0.15, 0.2) is 0 Å². The van der Waals surface area contributed by atoms with Gasteiger partial charge in [-0.2, -0.15) is 0 Å². The first-order chi connectivity index (χ1) is 9.65. The molecule has 1 fully saturated rings. The van der Waals surface area contributed by atoms with Crippen LogP contribution in [0.2, 0.25) is 0 Å². The van der Waals surface area contributed by atoms with Crippen molar-refractivity contribution >= 4 is 11.8 Å². The van der Waals surface area contributed by atoms with Gasteiger partial charge < -0.3 is 15.7 Å². The summed E-state index contributed by atoms with van der Waals surface area (Å²) in [6, 6.07) is 0.249. The predicted octanol–water partition coefficient (Wildman–Crippen LogP) is 1.35. The van der Waals surface area contributed by atoms with E-state index in [1.807, 2.05) is 6.92 Å². The zero-order valence-corrected chi connectivity index (χ0v) is 12.5. The molecule has 20 heavy (non-hydrogen) atoms. The molecule has 0 aliphatic heterocycles. The molecule has 0 heterocycles. The Morgan fingerprint density at radius 1 is 1.10 bits per heavy atom. The highest BCUT2D eigenvalue weighted by atomic mass is 16.3. The maximum Gasteiger partial charge on any atom is 0.220 e. The second-order valence-corrected chi connectivity index (χ2v) is 5.67. The quantitative estimate of drug-likeness (QED) is 0.629. The van der Waals surface area contributed by atoms with E-state index in [1.54, 1.807) is 0 Å². The fourth-order valence-corrected chi connectivity index (χ4v) is 2.55. The van der Waals surface area contributed by atoms with Crippen LogP contribution in [0.1, 0.15) is 58.3 Å². The molecule has 0 spiro atoms. The second kappa shape index (κ2) is 9.75. The highest BCUT2D eigenvalue weighted by molar-refractivity contribution is 5.78. The van der Waals surface area contributed by atoms with Gasteiger partial charge in [0.25, 0.3) is 0 Å². The number of hydrogen-bond donors (Lipinski definition) is 3. The number of aliphatic hydroxyl groups excluding tert-OH is 1. The molecular weight excluding hydrogens is 256 g/mol. The third-order valence-corrected chi connectivity index (χ3v) is 3.85. The van der Waals surface area contributed by atoms with Crippen LogP contribution in [-0.4, -0.2) is 36.1 Å². The van der Waals surface area contributed by atoms with Crippen molar-refractivity contribution < 1.29 is 14.7 Å². The minimum absolute atomic E-state index is 0.0307. The first-order valence-electron chi connectivity index (χ1n) is 7.82. The number of carbonyl (C=O) groups excluding carboxylic acids is 2. The smallest absolute Gasteiger partial charge is 0.220 e. The average Bonchev–Trinajstić information content (AvgIpc) is 2.46. The third kappa shape index (κ3) is 6.89. The highest BCUT2D eigenvalue weighted by Gasteiger charge is 2.21. The van der Waals surface area contributed by atoms with Crippen LogP contribution >= 0.6 is 0 Å². The number of nitrogens with one attached hydrogen (secondary N) is 2. The van der Waals surface area contributed by atoms with E-state index in [2.05, 4.69) is 10.6 Å². The Morgan fingerprint density at radius 3 is 2.35 bits per heavy atom. The van der Waals surface area contributed by atoms with Crippen LogP contribution in [-0.2, 0) is 9.59 Å². The zero-order valence-electron chi connectivity index (χ0n) is 12.5. The van der Waals surface area contributed by atoms with Gasteiger partial charge in [-0.3, -0.25) is 9.59 Å². The maximum atomic E-state index is 11.8. The molecule has 0 radical (unpaired) electrons. The topological polar surface area (TPSA) is 78.4 Å². The number of aliphatic hydroxyl groups is 1. The summed E-state index contributed by atoms with van der Waals surface area (Å²) in [5.74, 6) is 0.481. The lowest BCUT2D eigenvalue weighted by molar-refractivity contribution is -0.123. The van der Waals surface area contributed by atoms with Crippen molar-refractivity contribution in [1.29, 1.82) is 0 Å². The Hall–Kier alpha value is -1.10. The lowest BCUT2D eigenvalue weighted by Gasteiger charge is -2.27. The lowest BCUT2D eigenvalue weighted by atomic mass is 9.86. The minimum atomic E-state index is 0.0307. The number of hydrogen-bond acceptors (Lipinski definition) is 3. The normalized spacial score (nSPS) is 22.3. The van der Waals surface area contributed by atoms with Gasteiger partial charge in [0.15, 0.2) is 0 Å². The Bertz CT molecular complexity index is 299. The molecule has 2 amide bonds. The van der Waals surface area contributed by atoms with Crippen molar-refractivity contribution in [3.05, 3.63) is 0 Å². The molecule has 0 unspecified atom stereocenters. The summed E-state index contributed by atoms with van der Waals surface area (Å²) in [6.07, 6.45) is 6.25. The van der Waals surface area contributed by atoms with E-state index in [4.69, 9.17) is 5.11 Å². The van der Waals surface area contributed by atoms with Gasteiger partial charge in [0.05, 0.1) is 0 Å². The Balaban J connectivity index is 2.07. The Morgan fingerprint density at radius 2 is 1.75 bits per heavy atom. The first-order valence-corrected chi connectivity index (χ1v) is 7.82. The van der Waals surface area contributed by atoms with E-state index < -0.39 is 0 Å². The number of rotatable bonds is 8. The summed E-state index contributed by atoms with van der Waals surface area (Å²) in [6.45, 7) is 2.98. The van der Waals surface area contributed by atoms with Crippen molar-refractivity contribution in [3.8, 4) is 0 Å². The number of amides is 2. The van der Waals surface area contributed by atoms with Crippen LogP contribution in [0.25, 0.3) is 0 Å². The fraction of sp³-hybridized carbons (Fsp3) is 0.867. The molecule has 5 nitrogen and oxygen atoms in total. The van der Waals surface area contributed by atoms with Gasteiger partial charge in [-0.25, -0.2) is 0 Å². The Kier molecular flexibility index (Phi) is 8.26. The van der Waals surface area contributed by atoms with Crippen molar-refractivity contribution in [3.63, 3.8) is 0 Å². The van der Waals surface area contributed by atoms with Gasteiger partial charge >= 0.3 is 0 Å². The van der Waals surface area contributed by atoms with E-state index in [0.717, 1.165) is 32.1 Å². The van der Waals surface area contributed by atoms with Crippen molar-refractivity contribution in [2.45, 2.75) is 64.3 Å². The highest BCUT2D eigenvalue weighted by Crippen LogP contribution is 2.23. The zero-order chi connectivity index (χ0) is 14.8. The second-order valence-electron chi connectivity index (χ2n) is 5.67. The van der Waals surface area contributed by atoms with Gasteiger partial charge in [-0.15, -0.1) is 0 Å². The largest absolute Gasteiger partial charge is 0.396 e. The standard InChI is InChI=1S/C15H28N2O3/c1-2-10-16-14(19)4-3-5-15(20)17-13-8-6-12(11-18)7-9-13/h12-13,18H,2-11H2,1H3,(H,16,19)(H,17,20). The summed E-state index contributed by atoms with van der Waals surface area (Å²) in [4.78, 5) is 23.1. The summed E-state index contributed by atoms with van der Waals surface area (Å²) in [7, 11) is 0. The molecule has 0 aromatic carbocycles. The Labute approximate surface area is 121 Å². The van der Waals surface area contributed by atoms with E-state index in [1.165, 1.54) is 0 Å². The van der Waals surface area contributed by atoms with Gasteiger partial charge in [0.1, 0.15) is 0 Å². The van der Waals surface area contributed by atoms with Gasteiger partial charge in [-0.05, 0) is 44.4 Å². The summed E-state index contributed by atoms with van der Waals surface area (Å²) in [5, 5.41) is 14.9. The lowest BCUT2D eigenvalue weighted by Crippen LogP contribution is -2.38. The minimum Gasteiger partial charge on any atom is -0.396 e. The van der Waals surface area contributed by atoms with Gasteiger partial charge in [0, 0.05) is 32.0 Å². The molecule has 0 aromatic rings. The third-order valence-electron chi connectivity index (χ3n) is 3.85. The molecule has 1 aliphatic carbocycles. The molecular formula is C15H28N2O3. The van der Waals surface area contributed by atoms with Crippen LogP contribution in [0.5, 0.6) is 0 Å². The monoisotopic (exact) mass is 284 g/mol. The van der Waals surface area contributed by atoms with Crippen molar-refractivity contribution in [2.75, 3.05) is 13.2 Å². The average molecular weight is 284 g/mol. The molecule has 1 saturated carbocycles. The summed E-state index contributed by atoms with van der Waals surface area (Å²) >= 11 is 0. The van der Waals surface area contributed by atoms with E-state index >= 15 is 0 Å². The molecule has 1 rings (SSSR count). The molecule has 3 N–H and O–H groups in total. The molecule has 1 aliphatic rings. The fourth-order valence-electron chi connectivity index (χ4n) is 2.55. The molecule has 0 atom stereocenters. The number of carbonyl (C=O) groups is 2. The maximum absolute atomic E-state index is 11.8. The van der Waals surface area contributed by atoms with Crippen molar-refractivity contribution in [1.82, 2.24) is 10.6 Å². The molecule has 5 heteroatoms. The van der Waals surface area contributed by atoms with Gasteiger partial charge in [0.2, 0.25) is 11.8 Å². The van der Waals surface area contributed by atoms with Crippen LogP contribution in [0.3, 0.4) is 0 Å². The molecule has 0 aromatic heterocycles. The summed E-state index contributed by atoms with van der Waals surface area (Å²) in [5.41, 5.74) is 0. The molecule has 116 valence electrons. The van der Waals surface area contributed by atoms with Crippen LogP contribution in [0.4, 0.5) is 0 Å². The SMILES string of the molecule is CCCNC(=O)CCCC(=O)NC1CCC(CO)CC1. The summed E-state index contributed by atoms with van der Waals surface area (Å²) < 4.78 is 0. The van der Waals surface area contributed by atoms with Gasteiger partial charge in [-0.1, -0.05) is 6.92 Å². The van der Waals surface area contributed by atoms with E-state index in [0.29, 0.717) is 31.7 Å². The van der Waals surface area contributed by atoms with E-state index in [-0.39, 0.29) is 24.5 Å². The van der Waals surface area contributed by atoms with Crippen LogP contribution < -0.4 is 10.6 Å². The van der Waals surface area contributed by atoms with Crippen LogP contribution in [0, 0.1) is 5.92 Å². The van der Waals surface area contributed by atoms with Crippen molar-refractivity contribution in [2.24, 2.45) is 5.92 Å². The molecule has 0 bridgehead atoms. The predicted molar refractivity (Wildman–Crippen MR) is 78.1 cm³/mol. The van der Waals surface area contributed by atoms with E-state index in [9.17, 15) is 9.59 Å². The first kappa shape index (κ1) is 17.0. The molecule has 0 saturated heterocycles.